The molecule has 2 aromatic carbocycles. The smallest absolute Gasteiger partial charge is 0.371 e. The van der Waals surface area contributed by atoms with Gasteiger partial charge in [-0.25, -0.2) is 0 Å². The highest BCUT2D eigenvalue weighted by atomic mass is 19.4. The molecule has 2 aromatic rings. The first-order valence-corrected chi connectivity index (χ1v) is 7.78. The van der Waals surface area contributed by atoms with Gasteiger partial charge >= 0.3 is 12.4 Å². The number of halogens is 6. The van der Waals surface area contributed by atoms with Gasteiger partial charge in [0, 0.05) is 24.0 Å². The molecule has 0 aliphatic carbocycles. The largest absolute Gasteiger partial charge is 0.454 e. The number of hydrogen-bond acceptors (Lipinski definition) is 3. The van der Waals surface area contributed by atoms with Crippen LogP contribution in [0.1, 0.15) is 34.6 Å². The molecule has 0 aliphatic rings. The summed E-state index contributed by atoms with van der Waals surface area (Å²) >= 11 is 0. The van der Waals surface area contributed by atoms with Crippen molar-refractivity contribution in [3.05, 3.63) is 41.5 Å². The Hall–Kier alpha value is -2.58. The molecular weight excluding hydrogens is 376 g/mol. The maximum Gasteiger partial charge on any atom is 0.454 e. The Morgan fingerprint density at radius 1 is 0.852 bits per heavy atom. The van der Waals surface area contributed by atoms with E-state index >= 15 is 0 Å². The predicted molar refractivity (Wildman–Crippen MR) is 88.3 cm³/mol. The number of carbonyl (C=O) groups is 2. The summed E-state index contributed by atoms with van der Waals surface area (Å²) in [6, 6.07) is 5.28. The second kappa shape index (κ2) is 6.86. The van der Waals surface area contributed by atoms with Crippen LogP contribution in [-0.4, -0.2) is 37.0 Å². The molecule has 0 saturated carbocycles. The van der Waals surface area contributed by atoms with Gasteiger partial charge in [0.15, 0.2) is 0 Å². The molecule has 0 spiro atoms. The Balaban J connectivity index is 2.98. The zero-order chi connectivity index (χ0) is 20.7. The molecule has 0 bridgehead atoms. The highest BCUT2D eigenvalue weighted by molar-refractivity contribution is 6.19. The monoisotopic (exact) mass is 391 g/mol. The lowest BCUT2D eigenvalue weighted by Crippen LogP contribution is -2.32. The van der Waals surface area contributed by atoms with Crippen LogP contribution < -0.4 is 4.90 Å². The Morgan fingerprint density at radius 2 is 1.30 bits per heavy atom. The van der Waals surface area contributed by atoms with Gasteiger partial charge in [-0.05, 0) is 25.3 Å². The van der Waals surface area contributed by atoms with Crippen LogP contribution in [0.2, 0.25) is 0 Å². The number of ketones is 2. The molecule has 0 N–H and O–H groups in total. The fourth-order valence-corrected chi connectivity index (χ4v) is 2.66. The zero-order valence-corrected chi connectivity index (χ0v) is 14.5. The van der Waals surface area contributed by atoms with Crippen molar-refractivity contribution in [1.82, 2.24) is 0 Å². The maximum atomic E-state index is 13.1. The third-order valence-corrected chi connectivity index (χ3v) is 4.15. The van der Waals surface area contributed by atoms with Gasteiger partial charge in [0.1, 0.15) is 0 Å². The molecule has 0 heterocycles. The molecule has 3 nitrogen and oxygen atoms in total. The van der Waals surface area contributed by atoms with E-state index in [1.165, 1.54) is 36.2 Å². The van der Waals surface area contributed by atoms with Gasteiger partial charge in [-0.2, -0.15) is 26.3 Å². The minimum absolute atomic E-state index is 0.0450. The van der Waals surface area contributed by atoms with Crippen LogP contribution >= 0.6 is 0 Å². The first kappa shape index (κ1) is 20.7. The number of carbonyl (C=O) groups excluding carboxylic acids is 2. The van der Waals surface area contributed by atoms with Crippen molar-refractivity contribution in [3.63, 3.8) is 0 Å². The Morgan fingerprint density at radius 3 is 1.74 bits per heavy atom. The minimum atomic E-state index is -5.31. The molecule has 146 valence electrons. The van der Waals surface area contributed by atoms with E-state index in [0.717, 1.165) is 0 Å². The summed E-state index contributed by atoms with van der Waals surface area (Å²) < 4.78 is 78.1. The van der Waals surface area contributed by atoms with E-state index in [-0.39, 0.29) is 22.5 Å². The average Bonchev–Trinajstić information content (AvgIpc) is 2.56. The lowest BCUT2D eigenvalue weighted by molar-refractivity contribution is -0.0886. The molecule has 2 rings (SSSR count). The first-order valence-electron chi connectivity index (χ1n) is 7.78. The number of anilines is 1. The lowest BCUT2D eigenvalue weighted by atomic mass is 9.93. The number of alkyl halides is 6. The van der Waals surface area contributed by atoms with Gasteiger partial charge in [-0.15, -0.1) is 0 Å². The van der Waals surface area contributed by atoms with E-state index in [4.69, 9.17) is 0 Å². The molecule has 0 aliphatic heterocycles. The molecule has 9 heteroatoms. The van der Waals surface area contributed by atoms with E-state index in [1.54, 1.807) is 13.8 Å². The van der Waals surface area contributed by atoms with E-state index in [0.29, 0.717) is 6.07 Å². The van der Waals surface area contributed by atoms with E-state index < -0.39 is 35.0 Å². The average molecular weight is 391 g/mol. The second-order valence-electron chi connectivity index (χ2n) is 6.22. The van der Waals surface area contributed by atoms with Crippen molar-refractivity contribution in [2.45, 2.75) is 32.2 Å². The summed E-state index contributed by atoms with van der Waals surface area (Å²) in [6.07, 6.45) is -10.6. The predicted octanol–water partition coefficient (Wildman–Crippen LogP) is 5.17. The molecular formula is C18H15F6NO2. The van der Waals surface area contributed by atoms with E-state index in [1.807, 2.05) is 0 Å². The number of fused-ring (bicyclic) bond motifs is 1. The quantitative estimate of drug-likeness (QED) is 0.533. The standard InChI is InChI=1S/C18H15F6NO2/c1-9(2)25(3)14-11-7-5-4-6-10(11)12(15(26)17(19,20)21)8-13(14)16(27)18(22,23)24/h4-9H,1-3H3. The highest BCUT2D eigenvalue weighted by Gasteiger charge is 2.44. The van der Waals surface area contributed by atoms with Gasteiger partial charge in [-0.1, -0.05) is 24.3 Å². The molecule has 0 atom stereocenters. The summed E-state index contributed by atoms with van der Waals surface area (Å²) in [5, 5.41) is -0.225. The fraction of sp³-hybridized carbons (Fsp3) is 0.333. The van der Waals surface area contributed by atoms with Crippen LogP contribution in [0.5, 0.6) is 0 Å². The first-order chi connectivity index (χ1) is 12.3. The molecule has 0 unspecified atom stereocenters. The van der Waals surface area contributed by atoms with Gasteiger partial charge < -0.3 is 4.90 Å². The van der Waals surface area contributed by atoms with Crippen molar-refractivity contribution in [2.75, 3.05) is 11.9 Å². The number of rotatable bonds is 4. The van der Waals surface area contributed by atoms with Gasteiger partial charge in [0.2, 0.25) is 0 Å². The summed E-state index contributed by atoms with van der Waals surface area (Å²) in [7, 11) is 1.42. The molecule has 27 heavy (non-hydrogen) atoms. The van der Waals surface area contributed by atoms with Gasteiger partial charge in [0.25, 0.3) is 11.6 Å². The number of hydrogen-bond donors (Lipinski definition) is 0. The Labute approximate surface area is 150 Å². The normalized spacial score (nSPS) is 12.5. The molecule has 0 fully saturated rings. The molecule has 0 aromatic heterocycles. The van der Waals surface area contributed by atoms with E-state index in [2.05, 4.69) is 0 Å². The number of nitrogens with zero attached hydrogens (tertiary/aromatic N) is 1. The number of benzene rings is 2. The van der Waals surface area contributed by atoms with Crippen molar-refractivity contribution >= 4 is 28.0 Å². The van der Waals surface area contributed by atoms with Crippen molar-refractivity contribution in [1.29, 1.82) is 0 Å². The van der Waals surface area contributed by atoms with Crippen LogP contribution in [0.4, 0.5) is 32.0 Å². The maximum absolute atomic E-state index is 13.1. The topological polar surface area (TPSA) is 37.4 Å². The van der Waals surface area contributed by atoms with Crippen LogP contribution in [-0.2, 0) is 0 Å². The summed E-state index contributed by atoms with van der Waals surface area (Å²) in [5.74, 6) is -4.62. The summed E-state index contributed by atoms with van der Waals surface area (Å²) in [6.45, 7) is 3.29. The van der Waals surface area contributed by atoms with E-state index in [9.17, 15) is 35.9 Å². The fourth-order valence-electron chi connectivity index (χ4n) is 2.66. The zero-order valence-electron chi connectivity index (χ0n) is 14.5. The number of Topliss-reactive ketones (excluding diaryl/α,β-unsaturated/α-hetero) is 2. The van der Waals surface area contributed by atoms with Crippen LogP contribution in [0.25, 0.3) is 10.8 Å². The van der Waals surface area contributed by atoms with Crippen molar-refractivity contribution in [3.8, 4) is 0 Å². The Bertz CT molecular complexity index is 899. The Kier molecular flexibility index (Phi) is 5.27. The van der Waals surface area contributed by atoms with Gasteiger partial charge in [-0.3, -0.25) is 9.59 Å². The summed E-state index contributed by atoms with van der Waals surface area (Å²) in [4.78, 5) is 25.1. The third kappa shape index (κ3) is 3.91. The van der Waals surface area contributed by atoms with Crippen LogP contribution in [0, 0.1) is 0 Å². The van der Waals surface area contributed by atoms with Gasteiger partial charge in [0.05, 0.1) is 11.3 Å². The highest BCUT2D eigenvalue weighted by Crippen LogP contribution is 2.38. The van der Waals surface area contributed by atoms with Crippen LogP contribution in [0.15, 0.2) is 30.3 Å². The third-order valence-electron chi connectivity index (χ3n) is 4.15. The lowest BCUT2D eigenvalue weighted by Gasteiger charge is -2.28. The molecule has 0 saturated heterocycles. The SMILES string of the molecule is CC(C)N(C)c1c(C(=O)C(F)(F)F)cc(C(=O)C(F)(F)F)c2ccccc12. The van der Waals surface area contributed by atoms with Crippen molar-refractivity contribution < 1.29 is 35.9 Å². The second-order valence-corrected chi connectivity index (χ2v) is 6.22. The minimum Gasteiger partial charge on any atom is -0.371 e. The summed E-state index contributed by atoms with van der Waals surface area (Å²) in [5.41, 5.74) is -2.17. The molecule has 0 amide bonds. The molecule has 0 radical (unpaired) electrons. The van der Waals surface area contributed by atoms with Crippen LogP contribution in [0.3, 0.4) is 0 Å². The van der Waals surface area contributed by atoms with Crippen molar-refractivity contribution in [2.24, 2.45) is 0 Å².